The lowest BCUT2D eigenvalue weighted by atomic mass is 10.1. The van der Waals surface area contributed by atoms with Gasteiger partial charge < -0.3 is 0 Å². The SMILES string of the molecule is Cc1cc(C)c(S(=O)(=O)c2ccccc2)cc1C. The van der Waals surface area contributed by atoms with Crippen LogP contribution in [-0.2, 0) is 9.84 Å². The molecule has 2 nitrogen and oxygen atoms in total. The molecule has 0 aliphatic rings. The van der Waals surface area contributed by atoms with Crippen LogP contribution < -0.4 is 0 Å². The molecule has 2 rings (SSSR count). The molecule has 0 N–H and O–H groups in total. The Morgan fingerprint density at radius 2 is 1.33 bits per heavy atom. The maximum absolute atomic E-state index is 12.5. The molecular weight excluding hydrogens is 244 g/mol. The van der Waals surface area contributed by atoms with Gasteiger partial charge in [0.2, 0.25) is 9.84 Å². The van der Waals surface area contributed by atoms with Gasteiger partial charge in [-0.1, -0.05) is 24.3 Å². The van der Waals surface area contributed by atoms with E-state index in [1.807, 2.05) is 32.9 Å². The first kappa shape index (κ1) is 12.8. The molecule has 0 atom stereocenters. The average Bonchev–Trinajstić information content (AvgIpc) is 2.34. The van der Waals surface area contributed by atoms with Crippen molar-refractivity contribution < 1.29 is 8.42 Å². The Hall–Kier alpha value is -1.61. The van der Waals surface area contributed by atoms with Crippen LogP contribution in [0.3, 0.4) is 0 Å². The summed E-state index contributed by atoms with van der Waals surface area (Å²) in [5.41, 5.74) is 2.90. The quantitative estimate of drug-likeness (QED) is 0.829. The monoisotopic (exact) mass is 260 g/mol. The molecule has 0 heterocycles. The molecule has 0 aliphatic heterocycles. The van der Waals surface area contributed by atoms with Gasteiger partial charge in [-0.25, -0.2) is 8.42 Å². The van der Waals surface area contributed by atoms with E-state index < -0.39 is 9.84 Å². The van der Waals surface area contributed by atoms with E-state index in [0.717, 1.165) is 16.7 Å². The standard InChI is InChI=1S/C15H16O2S/c1-11-9-13(3)15(10-12(11)2)18(16,17)14-7-5-4-6-8-14/h4-10H,1-3H3. The fourth-order valence-corrected chi connectivity index (χ4v) is 3.53. The maximum atomic E-state index is 12.5. The molecule has 0 saturated heterocycles. The van der Waals surface area contributed by atoms with E-state index >= 15 is 0 Å². The fourth-order valence-electron chi connectivity index (χ4n) is 1.95. The molecule has 2 aromatic carbocycles. The first-order chi connectivity index (χ1) is 8.43. The summed E-state index contributed by atoms with van der Waals surface area (Å²) in [6, 6.07) is 12.2. The van der Waals surface area contributed by atoms with E-state index in [-0.39, 0.29) is 0 Å². The molecule has 2 aromatic rings. The van der Waals surface area contributed by atoms with Crippen molar-refractivity contribution >= 4 is 9.84 Å². The van der Waals surface area contributed by atoms with Gasteiger partial charge in [-0.2, -0.15) is 0 Å². The Kier molecular flexibility index (Phi) is 3.26. The average molecular weight is 260 g/mol. The van der Waals surface area contributed by atoms with Crippen molar-refractivity contribution in [3.05, 3.63) is 59.2 Å². The predicted molar refractivity (Wildman–Crippen MR) is 72.5 cm³/mol. The van der Waals surface area contributed by atoms with Gasteiger partial charge in [-0.05, 0) is 55.7 Å². The maximum Gasteiger partial charge on any atom is 0.206 e. The van der Waals surface area contributed by atoms with Crippen LogP contribution in [0.25, 0.3) is 0 Å². The minimum Gasteiger partial charge on any atom is -0.219 e. The number of aryl methyl sites for hydroxylation is 3. The van der Waals surface area contributed by atoms with Gasteiger partial charge >= 0.3 is 0 Å². The first-order valence-electron chi connectivity index (χ1n) is 5.81. The van der Waals surface area contributed by atoms with Crippen molar-refractivity contribution in [1.82, 2.24) is 0 Å². The summed E-state index contributed by atoms with van der Waals surface area (Å²) in [5, 5.41) is 0. The van der Waals surface area contributed by atoms with Crippen LogP contribution in [-0.4, -0.2) is 8.42 Å². The van der Waals surface area contributed by atoms with E-state index in [4.69, 9.17) is 0 Å². The van der Waals surface area contributed by atoms with Crippen LogP contribution in [0.2, 0.25) is 0 Å². The molecule has 0 radical (unpaired) electrons. The third-order valence-electron chi connectivity index (χ3n) is 3.13. The highest BCUT2D eigenvalue weighted by atomic mass is 32.2. The summed E-state index contributed by atoms with van der Waals surface area (Å²) in [5.74, 6) is 0. The Labute approximate surface area is 108 Å². The lowest BCUT2D eigenvalue weighted by molar-refractivity contribution is 0.595. The van der Waals surface area contributed by atoms with Crippen molar-refractivity contribution in [3.63, 3.8) is 0 Å². The first-order valence-corrected chi connectivity index (χ1v) is 7.29. The third kappa shape index (κ3) is 2.18. The van der Waals surface area contributed by atoms with E-state index in [0.29, 0.717) is 9.79 Å². The van der Waals surface area contributed by atoms with E-state index in [2.05, 4.69) is 0 Å². The largest absolute Gasteiger partial charge is 0.219 e. The second kappa shape index (κ2) is 4.58. The normalized spacial score (nSPS) is 11.5. The van der Waals surface area contributed by atoms with Crippen LogP contribution >= 0.6 is 0 Å². The zero-order valence-electron chi connectivity index (χ0n) is 10.8. The highest BCUT2D eigenvalue weighted by Crippen LogP contribution is 2.26. The fraction of sp³-hybridized carbons (Fsp3) is 0.200. The Bertz CT molecular complexity index is 671. The van der Waals surface area contributed by atoms with Gasteiger partial charge in [-0.3, -0.25) is 0 Å². The zero-order valence-corrected chi connectivity index (χ0v) is 11.6. The zero-order chi connectivity index (χ0) is 13.3. The highest BCUT2D eigenvalue weighted by Gasteiger charge is 2.20. The van der Waals surface area contributed by atoms with Gasteiger partial charge in [0.1, 0.15) is 0 Å². The Balaban J connectivity index is 2.66. The van der Waals surface area contributed by atoms with Crippen molar-refractivity contribution in [1.29, 1.82) is 0 Å². The summed E-state index contributed by atoms with van der Waals surface area (Å²) in [6.07, 6.45) is 0. The topological polar surface area (TPSA) is 34.1 Å². The number of sulfone groups is 1. The minimum atomic E-state index is -3.41. The molecule has 18 heavy (non-hydrogen) atoms. The minimum absolute atomic E-state index is 0.344. The van der Waals surface area contributed by atoms with Gasteiger partial charge in [0, 0.05) is 0 Å². The molecule has 0 amide bonds. The van der Waals surface area contributed by atoms with E-state index in [1.54, 1.807) is 30.3 Å². The van der Waals surface area contributed by atoms with Crippen LogP contribution in [0, 0.1) is 20.8 Å². The second-order valence-electron chi connectivity index (χ2n) is 4.52. The summed E-state index contributed by atoms with van der Waals surface area (Å²) >= 11 is 0. The number of rotatable bonds is 2. The molecule has 0 saturated carbocycles. The molecule has 94 valence electrons. The summed E-state index contributed by atoms with van der Waals surface area (Å²) in [7, 11) is -3.41. The molecule has 0 fully saturated rings. The Morgan fingerprint density at radius 1 is 0.778 bits per heavy atom. The summed E-state index contributed by atoms with van der Waals surface area (Å²) < 4.78 is 25.0. The Morgan fingerprint density at radius 3 is 1.94 bits per heavy atom. The number of benzene rings is 2. The summed E-state index contributed by atoms with van der Waals surface area (Å²) in [4.78, 5) is 0.744. The smallest absolute Gasteiger partial charge is 0.206 e. The molecule has 0 unspecified atom stereocenters. The van der Waals surface area contributed by atoms with Crippen LogP contribution in [0.4, 0.5) is 0 Å². The predicted octanol–water partition coefficient (Wildman–Crippen LogP) is 3.44. The molecule has 0 spiro atoms. The van der Waals surface area contributed by atoms with E-state index in [1.165, 1.54) is 0 Å². The van der Waals surface area contributed by atoms with Crippen molar-refractivity contribution in [2.75, 3.05) is 0 Å². The van der Waals surface area contributed by atoms with Gasteiger partial charge in [0.15, 0.2) is 0 Å². The molecule has 0 aromatic heterocycles. The van der Waals surface area contributed by atoms with Crippen LogP contribution in [0.5, 0.6) is 0 Å². The van der Waals surface area contributed by atoms with Gasteiger partial charge in [-0.15, -0.1) is 0 Å². The van der Waals surface area contributed by atoms with Gasteiger partial charge in [0.05, 0.1) is 9.79 Å². The number of hydrogen-bond donors (Lipinski definition) is 0. The summed E-state index contributed by atoms with van der Waals surface area (Å²) in [6.45, 7) is 5.75. The van der Waals surface area contributed by atoms with Gasteiger partial charge in [0.25, 0.3) is 0 Å². The van der Waals surface area contributed by atoms with Crippen molar-refractivity contribution in [2.45, 2.75) is 30.6 Å². The second-order valence-corrected chi connectivity index (χ2v) is 6.44. The third-order valence-corrected chi connectivity index (χ3v) is 5.05. The lowest BCUT2D eigenvalue weighted by Gasteiger charge is -2.10. The molecule has 3 heteroatoms. The highest BCUT2D eigenvalue weighted by molar-refractivity contribution is 7.91. The molecule has 0 bridgehead atoms. The van der Waals surface area contributed by atoms with Crippen molar-refractivity contribution in [2.24, 2.45) is 0 Å². The van der Waals surface area contributed by atoms with E-state index in [9.17, 15) is 8.42 Å². The van der Waals surface area contributed by atoms with Crippen molar-refractivity contribution in [3.8, 4) is 0 Å². The van der Waals surface area contributed by atoms with Crippen LogP contribution in [0.15, 0.2) is 52.3 Å². The molecular formula is C15H16O2S. The lowest BCUT2D eigenvalue weighted by Crippen LogP contribution is -2.05. The number of hydrogen-bond acceptors (Lipinski definition) is 2. The molecule has 0 aliphatic carbocycles. The van der Waals surface area contributed by atoms with Crippen LogP contribution in [0.1, 0.15) is 16.7 Å².